The van der Waals surface area contributed by atoms with Crippen LogP contribution in [0.4, 0.5) is 5.69 Å². The molecule has 0 amide bonds. The van der Waals surface area contributed by atoms with Crippen molar-refractivity contribution < 1.29 is 14.3 Å². The van der Waals surface area contributed by atoms with Gasteiger partial charge >= 0.3 is 0 Å². The van der Waals surface area contributed by atoms with Crippen molar-refractivity contribution in [2.75, 3.05) is 20.3 Å². The normalized spacial score (nSPS) is 23.5. The number of aliphatic imine (C=N–C) groups is 1. The second kappa shape index (κ2) is 12.3. The number of ether oxygens (including phenoxy) is 2. The summed E-state index contributed by atoms with van der Waals surface area (Å²) in [6.45, 7) is 8.87. The Hall–Kier alpha value is -3.03. The summed E-state index contributed by atoms with van der Waals surface area (Å²) in [4.78, 5) is 23.7. The Labute approximate surface area is 249 Å². The summed E-state index contributed by atoms with van der Waals surface area (Å²) >= 11 is 0. The average molecular weight is 571 g/mol. The van der Waals surface area contributed by atoms with Crippen LogP contribution in [-0.4, -0.2) is 47.4 Å². The van der Waals surface area contributed by atoms with E-state index in [0.29, 0.717) is 41.4 Å². The first kappa shape index (κ1) is 29.1. The lowest BCUT2D eigenvalue weighted by atomic mass is 9.92. The molecule has 42 heavy (non-hydrogen) atoms. The standard InChI is InChI=1S/C35H46N4O3/c1-21-5-8-26(34(21)36)10-12-32(40)28-17-30(22(2)33(19-28)41-4)37-23(3)31-18-27-9-11-29(25-13-15-42-16-14-25)38-35(27)39(31)20-24-6-7-24/h9,11,17-19,21,24-26,34H,5-8,10,12-16,20,36H2,1-4H3/b37-23+. The molecule has 2 aromatic heterocycles. The van der Waals surface area contributed by atoms with Crippen molar-refractivity contribution in [2.24, 2.45) is 28.5 Å². The molecule has 0 bridgehead atoms. The number of rotatable bonds is 10. The van der Waals surface area contributed by atoms with Gasteiger partial charge in [0.2, 0.25) is 0 Å². The summed E-state index contributed by atoms with van der Waals surface area (Å²) < 4.78 is 13.7. The number of fused-ring (bicyclic) bond motifs is 1. The van der Waals surface area contributed by atoms with E-state index >= 15 is 0 Å². The molecule has 3 atom stereocenters. The van der Waals surface area contributed by atoms with Gasteiger partial charge in [-0.1, -0.05) is 6.92 Å². The zero-order valence-electron chi connectivity index (χ0n) is 25.7. The molecular weight excluding hydrogens is 524 g/mol. The summed E-state index contributed by atoms with van der Waals surface area (Å²) in [7, 11) is 1.66. The number of nitrogens with two attached hydrogens (primary N) is 1. The van der Waals surface area contributed by atoms with E-state index in [1.165, 1.54) is 18.5 Å². The molecule has 2 aliphatic carbocycles. The predicted octanol–water partition coefficient (Wildman–Crippen LogP) is 7.13. The number of carbonyl (C=O) groups is 1. The van der Waals surface area contributed by atoms with Crippen molar-refractivity contribution in [1.29, 1.82) is 0 Å². The predicted molar refractivity (Wildman–Crippen MR) is 168 cm³/mol. The van der Waals surface area contributed by atoms with Gasteiger partial charge < -0.3 is 19.8 Å². The van der Waals surface area contributed by atoms with Crippen LogP contribution in [0.3, 0.4) is 0 Å². The Morgan fingerprint density at radius 1 is 1.12 bits per heavy atom. The number of carbonyl (C=O) groups excluding carboxylic acids is 1. The fraction of sp³-hybridized carbons (Fsp3) is 0.571. The van der Waals surface area contributed by atoms with Crippen molar-refractivity contribution >= 4 is 28.2 Å². The summed E-state index contributed by atoms with van der Waals surface area (Å²) in [5.74, 6) is 2.92. The third-order valence-electron chi connectivity index (χ3n) is 10.0. The topological polar surface area (TPSA) is 91.7 Å². The molecule has 224 valence electrons. The highest BCUT2D eigenvalue weighted by Crippen LogP contribution is 2.37. The van der Waals surface area contributed by atoms with Gasteiger partial charge in [0.1, 0.15) is 11.4 Å². The van der Waals surface area contributed by atoms with Gasteiger partial charge in [-0.3, -0.25) is 9.79 Å². The highest BCUT2D eigenvalue weighted by atomic mass is 16.5. The second-order valence-electron chi connectivity index (χ2n) is 13.0. The molecule has 0 spiro atoms. The molecule has 3 unspecified atom stereocenters. The van der Waals surface area contributed by atoms with Gasteiger partial charge in [-0.05, 0) is 107 Å². The summed E-state index contributed by atoms with van der Waals surface area (Å²) in [5.41, 5.74) is 13.0. The third kappa shape index (κ3) is 6.04. The summed E-state index contributed by atoms with van der Waals surface area (Å²) in [6.07, 6.45) is 8.18. The molecule has 3 heterocycles. The maximum atomic E-state index is 13.4. The molecular formula is C35H46N4O3. The van der Waals surface area contributed by atoms with Crippen LogP contribution < -0.4 is 10.5 Å². The molecule has 0 radical (unpaired) electrons. The lowest BCUT2D eigenvalue weighted by Crippen LogP contribution is -2.30. The van der Waals surface area contributed by atoms with Gasteiger partial charge in [-0.25, -0.2) is 4.98 Å². The van der Waals surface area contributed by atoms with Gasteiger partial charge in [0.25, 0.3) is 0 Å². The molecule has 1 aliphatic heterocycles. The molecule has 2 N–H and O–H groups in total. The van der Waals surface area contributed by atoms with E-state index in [0.717, 1.165) is 85.6 Å². The SMILES string of the molecule is COc1cc(C(=O)CCC2CCC(C)C2N)cc(/N=C(\C)c2cc3ccc(C4CCOCC4)nc3n2CC2CC2)c1C. The smallest absolute Gasteiger partial charge is 0.163 e. The fourth-order valence-corrected chi connectivity index (χ4v) is 6.93. The van der Waals surface area contributed by atoms with Crippen LogP contribution in [0.1, 0.15) is 98.4 Å². The van der Waals surface area contributed by atoms with Crippen molar-refractivity contribution in [1.82, 2.24) is 9.55 Å². The maximum Gasteiger partial charge on any atom is 0.163 e. The Balaban J connectivity index is 1.31. The van der Waals surface area contributed by atoms with E-state index < -0.39 is 0 Å². The number of methoxy groups -OCH3 is 1. The molecule has 6 rings (SSSR count). The van der Waals surface area contributed by atoms with Crippen molar-refractivity contribution in [3.05, 3.63) is 52.8 Å². The van der Waals surface area contributed by atoms with E-state index in [2.05, 4.69) is 36.6 Å². The van der Waals surface area contributed by atoms with Gasteiger partial charge in [-0.15, -0.1) is 0 Å². The molecule has 1 aromatic carbocycles. The first-order valence-electron chi connectivity index (χ1n) is 15.9. The van der Waals surface area contributed by atoms with Crippen LogP contribution in [0, 0.1) is 24.7 Å². The van der Waals surface area contributed by atoms with Crippen LogP contribution in [0.25, 0.3) is 11.0 Å². The first-order valence-corrected chi connectivity index (χ1v) is 15.9. The number of ketones is 1. The number of benzene rings is 1. The Morgan fingerprint density at radius 2 is 1.90 bits per heavy atom. The Kier molecular flexibility index (Phi) is 8.51. The molecule has 3 fully saturated rings. The van der Waals surface area contributed by atoms with E-state index in [4.69, 9.17) is 25.2 Å². The van der Waals surface area contributed by atoms with Crippen LogP contribution in [0.2, 0.25) is 0 Å². The molecule has 7 nitrogen and oxygen atoms in total. The Bertz CT molecular complexity index is 1480. The summed E-state index contributed by atoms with van der Waals surface area (Å²) in [5, 5.41) is 1.15. The van der Waals surface area contributed by atoms with E-state index in [9.17, 15) is 4.79 Å². The molecule has 3 aromatic rings. The fourth-order valence-electron chi connectivity index (χ4n) is 6.93. The van der Waals surface area contributed by atoms with Crippen LogP contribution in [0.5, 0.6) is 5.75 Å². The highest BCUT2D eigenvalue weighted by Gasteiger charge is 2.31. The molecule has 2 saturated carbocycles. The number of pyridine rings is 1. The highest BCUT2D eigenvalue weighted by molar-refractivity contribution is 6.03. The number of hydrogen-bond donors (Lipinski definition) is 1. The van der Waals surface area contributed by atoms with Gasteiger partial charge in [0, 0.05) is 60.3 Å². The van der Waals surface area contributed by atoms with E-state index in [1.807, 2.05) is 19.1 Å². The van der Waals surface area contributed by atoms with Gasteiger partial charge in [-0.2, -0.15) is 0 Å². The third-order valence-corrected chi connectivity index (χ3v) is 10.0. The monoisotopic (exact) mass is 570 g/mol. The van der Waals surface area contributed by atoms with Crippen LogP contribution in [-0.2, 0) is 11.3 Å². The summed E-state index contributed by atoms with van der Waals surface area (Å²) in [6, 6.07) is 10.6. The molecule has 1 saturated heterocycles. The van der Waals surface area contributed by atoms with Crippen molar-refractivity contribution in [3.63, 3.8) is 0 Å². The van der Waals surface area contributed by atoms with Gasteiger partial charge in [0.15, 0.2) is 5.78 Å². The lowest BCUT2D eigenvalue weighted by molar-refractivity contribution is 0.0845. The van der Waals surface area contributed by atoms with Crippen molar-refractivity contribution in [3.8, 4) is 5.75 Å². The minimum Gasteiger partial charge on any atom is -0.496 e. The number of nitrogens with zero attached hydrogens (tertiary/aromatic N) is 3. The zero-order chi connectivity index (χ0) is 29.4. The minimum absolute atomic E-state index is 0.127. The van der Waals surface area contributed by atoms with Gasteiger partial charge in [0.05, 0.1) is 24.2 Å². The quantitative estimate of drug-likeness (QED) is 0.207. The van der Waals surface area contributed by atoms with E-state index in [1.54, 1.807) is 7.11 Å². The van der Waals surface area contributed by atoms with Crippen LogP contribution >= 0.6 is 0 Å². The zero-order valence-corrected chi connectivity index (χ0v) is 25.7. The second-order valence-corrected chi connectivity index (χ2v) is 13.0. The first-order chi connectivity index (χ1) is 20.3. The van der Waals surface area contributed by atoms with E-state index in [-0.39, 0.29) is 11.8 Å². The largest absolute Gasteiger partial charge is 0.496 e. The lowest BCUT2D eigenvalue weighted by Gasteiger charge is -2.21. The number of Topliss-reactive ketones (excluding diaryl/α,β-unsaturated/α-hetero) is 1. The number of hydrogen-bond acceptors (Lipinski definition) is 6. The molecule has 7 heteroatoms. The van der Waals surface area contributed by atoms with Crippen molar-refractivity contribution in [2.45, 2.75) is 90.6 Å². The maximum absolute atomic E-state index is 13.4. The minimum atomic E-state index is 0.127. The molecule has 3 aliphatic rings. The average Bonchev–Trinajstić information content (AvgIpc) is 3.68. The Morgan fingerprint density at radius 3 is 2.60 bits per heavy atom. The van der Waals surface area contributed by atoms with Crippen LogP contribution in [0.15, 0.2) is 35.3 Å². The number of aromatic nitrogens is 2.